The molecule has 0 radical (unpaired) electrons. The number of rotatable bonds is 7. The van der Waals surface area contributed by atoms with Crippen molar-refractivity contribution >= 4 is 29.4 Å². The lowest BCUT2D eigenvalue weighted by molar-refractivity contribution is -0.135. The first-order valence-corrected chi connectivity index (χ1v) is 10.1. The van der Waals surface area contributed by atoms with E-state index in [4.69, 9.17) is 5.26 Å². The standard InChI is InChI=1S/C23H23N5O4/c1-3-16-8-4-5-10-18(16)26-19(29)13-25-20(30)14-28-21(31)23(2,27-22(28)32)17-9-6-7-15(11-17)12-24/h4-11H,3,13-14H2,1-2H3,(H,25,30)(H,26,29)(H,27,32). The molecule has 2 aromatic carbocycles. The van der Waals surface area contributed by atoms with Crippen molar-refractivity contribution in [3.05, 3.63) is 65.2 Å². The molecule has 1 saturated heterocycles. The molecule has 0 aliphatic carbocycles. The lowest BCUT2D eigenvalue weighted by atomic mass is 9.91. The molecule has 0 aromatic heterocycles. The molecule has 9 heteroatoms. The van der Waals surface area contributed by atoms with Crippen molar-refractivity contribution in [1.82, 2.24) is 15.5 Å². The van der Waals surface area contributed by atoms with E-state index in [1.807, 2.05) is 25.1 Å². The van der Waals surface area contributed by atoms with E-state index in [2.05, 4.69) is 16.0 Å². The van der Waals surface area contributed by atoms with Gasteiger partial charge in [-0.2, -0.15) is 5.26 Å². The van der Waals surface area contributed by atoms with E-state index in [1.165, 1.54) is 13.0 Å². The number of hydrogen-bond donors (Lipinski definition) is 3. The third kappa shape index (κ3) is 4.59. The van der Waals surface area contributed by atoms with Gasteiger partial charge in [0, 0.05) is 5.69 Å². The SMILES string of the molecule is CCc1ccccc1NC(=O)CNC(=O)CN1C(=O)NC(C)(c2cccc(C#N)c2)C1=O. The summed E-state index contributed by atoms with van der Waals surface area (Å²) in [6.07, 6.45) is 0.741. The monoisotopic (exact) mass is 433 g/mol. The van der Waals surface area contributed by atoms with Gasteiger partial charge in [-0.1, -0.05) is 37.3 Å². The number of nitrogens with zero attached hydrogens (tertiary/aromatic N) is 2. The van der Waals surface area contributed by atoms with E-state index in [0.29, 0.717) is 16.8 Å². The van der Waals surface area contributed by atoms with Gasteiger partial charge >= 0.3 is 6.03 Å². The Kier molecular flexibility index (Phi) is 6.54. The van der Waals surface area contributed by atoms with Crippen LogP contribution in [0.2, 0.25) is 0 Å². The molecule has 32 heavy (non-hydrogen) atoms. The average molecular weight is 433 g/mol. The summed E-state index contributed by atoms with van der Waals surface area (Å²) >= 11 is 0. The van der Waals surface area contributed by atoms with Crippen molar-refractivity contribution in [2.75, 3.05) is 18.4 Å². The molecule has 5 amide bonds. The smallest absolute Gasteiger partial charge is 0.325 e. The summed E-state index contributed by atoms with van der Waals surface area (Å²) in [4.78, 5) is 50.6. The van der Waals surface area contributed by atoms with Crippen LogP contribution in [0.4, 0.5) is 10.5 Å². The highest BCUT2D eigenvalue weighted by Crippen LogP contribution is 2.29. The average Bonchev–Trinajstić information content (AvgIpc) is 3.02. The molecule has 1 fully saturated rings. The molecule has 1 unspecified atom stereocenters. The van der Waals surface area contributed by atoms with E-state index in [1.54, 1.807) is 30.3 Å². The molecule has 1 atom stereocenters. The van der Waals surface area contributed by atoms with Crippen LogP contribution in [0.15, 0.2) is 48.5 Å². The van der Waals surface area contributed by atoms with Gasteiger partial charge in [0.15, 0.2) is 0 Å². The third-order valence-corrected chi connectivity index (χ3v) is 5.26. The summed E-state index contributed by atoms with van der Waals surface area (Å²) in [5.74, 6) is -1.69. The summed E-state index contributed by atoms with van der Waals surface area (Å²) in [5.41, 5.74) is 1.01. The second-order valence-electron chi connectivity index (χ2n) is 7.47. The Morgan fingerprint density at radius 1 is 1.12 bits per heavy atom. The fourth-order valence-corrected chi connectivity index (χ4v) is 3.46. The summed E-state index contributed by atoms with van der Waals surface area (Å²) in [6.45, 7) is 2.65. The van der Waals surface area contributed by atoms with Crippen LogP contribution in [-0.2, 0) is 26.3 Å². The minimum Gasteiger partial charge on any atom is -0.345 e. The van der Waals surface area contributed by atoms with Crippen LogP contribution in [0, 0.1) is 11.3 Å². The molecular weight excluding hydrogens is 410 g/mol. The zero-order valence-electron chi connectivity index (χ0n) is 17.8. The lowest BCUT2D eigenvalue weighted by Gasteiger charge is -2.22. The van der Waals surface area contributed by atoms with Gasteiger partial charge in [0.2, 0.25) is 11.8 Å². The number of anilines is 1. The zero-order valence-corrected chi connectivity index (χ0v) is 17.8. The van der Waals surface area contributed by atoms with Crippen LogP contribution in [-0.4, -0.2) is 41.7 Å². The maximum Gasteiger partial charge on any atom is 0.325 e. The minimum absolute atomic E-state index is 0.304. The van der Waals surface area contributed by atoms with Crippen LogP contribution in [0.25, 0.3) is 0 Å². The highest BCUT2D eigenvalue weighted by Gasteiger charge is 2.49. The van der Waals surface area contributed by atoms with Crippen LogP contribution < -0.4 is 16.0 Å². The molecule has 2 aromatic rings. The molecule has 1 aliphatic rings. The second-order valence-corrected chi connectivity index (χ2v) is 7.47. The maximum atomic E-state index is 12.9. The molecule has 3 N–H and O–H groups in total. The summed E-state index contributed by atoms with van der Waals surface area (Å²) in [6, 6.07) is 14.9. The van der Waals surface area contributed by atoms with Crippen LogP contribution in [0.5, 0.6) is 0 Å². The quantitative estimate of drug-likeness (QED) is 0.571. The summed E-state index contributed by atoms with van der Waals surface area (Å²) < 4.78 is 0. The fourth-order valence-electron chi connectivity index (χ4n) is 3.46. The molecule has 1 heterocycles. The van der Waals surface area contributed by atoms with Crippen LogP contribution >= 0.6 is 0 Å². The first kappa shape index (κ1) is 22.5. The van der Waals surface area contributed by atoms with Gasteiger partial charge in [0.25, 0.3) is 5.91 Å². The molecule has 0 saturated carbocycles. The molecule has 3 rings (SSSR count). The van der Waals surface area contributed by atoms with Gasteiger partial charge < -0.3 is 16.0 Å². The summed E-state index contributed by atoms with van der Waals surface area (Å²) in [5, 5.41) is 16.8. The molecule has 9 nitrogen and oxygen atoms in total. The molecule has 164 valence electrons. The molecular formula is C23H23N5O4. The topological polar surface area (TPSA) is 131 Å². The Balaban J connectivity index is 1.60. The van der Waals surface area contributed by atoms with E-state index in [0.717, 1.165) is 16.9 Å². The number of aryl methyl sites for hydroxylation is 1. The molecule has 1 aliphatic heterocycles. The Hall–Kier alpha value is -4.19. The van der Waals surface area contributed by atoms with E-state index < -0.39 is 35.8 Å². The highest BCUT2D eigenvalue weighted by atomic mass is 16.2. The van der Waals surface area contributed by atoms with E-state index in [-0.39, 0.29) is 6.54 Å². The van der Waals surface area contributed by atoms with Gasteiger partial charge in [-0.05, 0) is 42.7 Å². The van der Waals surface area contributed by atoms with E-state index >= 15 is 0 Å². The van der Waals surface area contributed by atoms with Crippen LogP contribution in [0.3, 0.4) is 0 Å². The third-order valence-electron chi connectivity index (χ3n) is 5.26. The van der Waals surface area contributed by atoms with Crippen molar-refractivity contribution in [3.63, 3.8) is 0 Å². The van der Waals surface area contributed by atoms with Gasteiger partial charge in [0.1, 0.15) is 12.1 Å². The Labute approximate surface area is 185 Å². The van der Waals surface area contributed by atoms with Gasteiger partial charge in [-0.25, -0.2) is 4.79 Å². The predicted molar refractivity (Wildman–Crippen MR) is 116 cm³/mol. The largest absolute Gasteiger partial charge is 0.345 e. The van der Waals surface area contributed by atoms with Crippen molar-refractivity contribution in [3.8, 4) is 6.07 Å². The number of hydrogen-bond acceptors (Lipinski definition) is 5. The Bertz CT molecular complexity index is 1120. The van der Waals surface area contributed by atoms with Crippen LogP contribution in [0.1, 0.15) is 30.5 Å². The number of para-hydroxylation sites is 1. The second kappa shape index (κ2) is 9.31. The normalized spacial score (nSPS) is 17.5. The minimum atomic E-state index is -1.40. The van der Waals surface area contributed by atoms with Gasteiger partial charge in [-0.3, -0.25) is 19.3 Å². The molecule has 0 bridgehead atoms. The van der Waals surface area contributed by atoms with Crippen molar-refractivity contribution in [1.29, 1.82) is 5.26 Å². The van der Waals surface area contributed by atoms with Crippen molar-refractivity contribution in [2.45, 2.75) is 25.8 Å². The number of imide groups is 1. The number of benzene rings is 2. The number of urea groups is 1. The maximum absolute atomic E-state index is 12.9. The Morgan fingerprint density at radius 3 is 2.59 bits per heavy atom. The van der Waals surface area contributed by atoms with E-state index in [9.17, 15) is 19.2 Å². The first-order chi connectivity index (χ1) is 15.3. The zero-order chi connectivity index (χ0) is 23.3. The van der Waals surface area contributed by atoms with Gasteiger partial charge in [0.05, 0.1) is 18.2 Å². The number of nitriles is 1. The number of nitrogens with one attached hydrogen (secondary N) is 3. The van der Waals surface area contributed by atoms with Crippen molar-refractivity contribution in [2.24, 2.45) is 0 Å². The number of carbonyl (C=O) groups is 4. The highest BCUT2D eigenvalue weighted by molar-refractivity contribution is 6.09. The predicted octanol–water partition coefficient (Wildman–Crippen LogP) is 1.64. The first-order valence-electron chi connectivity index (χ1n) is 10.1. The number of carbonyl (C=O) groups excluding carboxylic acids is 4. The molecule has 0 spiro atoms. The van der Waals surface area contributed by atoms with Crippen molar-refractivity contribution < 1.29 is 19.2 Å². The number of amides is 5. The Morgan fingerprint density at radius 2 is 1.88 bits per heavy atom. The van der Waals surface area contributed by atoms with Gasteiger partial charge in [-0.15, -0.1) is 0 Å². The lowest BCUT2D eigenvalue weighted by Crippen LogP contribution is -2.44. The fraction of sp³-hybridized carbons (Fsp3) is 0.261. The summed E-state index contributed by atoms with van der Waals surface area (Å²) in [7, 11) is 0.